The summed E-state index contributed by atoms with van der Waals surface area (Å²) in [7, 11) is -0.632. The predicted molar refractivity (Wildman–Crippen MR) is 75.2 cm³/mol. The first-order valence-corrected chi connectivity index (χ1v) is 8.27. The van der Waals surface area contributed by atoms with Crippen molar-refractivity contribution in [1.82, 2.24) is 28.6 Å². The molecule has 0 radical (unpaired) electrons. The number of halogens is 1. The molecule has 3 rings (SSSR count). The number of hydrogen-bond donors (Lipinski definition) is 0. The van der Waals surface area contributed by atoms with Gasteiger partial charge in [-0.3, -0.25) is 0 Å². The summed E-state index contributed by atoms with van der Waals surface area (Å²) < 4.78 is 29.6. The van der Waals surface area contributed by atoms with Gasteiger partial charge >= 0.3 is 0 Å². The first kappa shape index (κ1) is 14.5. The molecule has 0 saturated heterocycles. The Bertz CT molecular complexity index is 781. The van der Waals surface area contributed by atoms with E-state index in [9.17, 15) is 8.42 Å². The van der Waals surface area contributed by atoms with Gasteiger partial charge in [0.2, 0.25) is 5.03 Å². The van der Waals surface area contributed by atoms with Crippen LogP contribution < -0.4 is 0 Å². The van der Waals surface area contributed by atoms with E-state index in [1.807, 2.05) is 4.57 Å². The van der Waals surface area contributed by atoms with Crippen LogP contribution in [0.3, 0.4) is 0 Å². The van der Waals surface area contributed by atoms with Crippen LogP contribution in [0.1, 0.15) is 18.1 Å². The van der Waals surface area contributed by atoms with Gasteiger partial charge in [0.1, 0.15) is 16.8 Å². The molecule has 0 bridgehead atoms. The monoisotopic (exact) mass is 330 g/mol. The van der Waals surface area contributed by atoms with Crippen LogP contribution in [-0.4, -0.2) is 44.1 Å². The molecule has 0 fully saturated rings. The van der Waals surface area contributed by atoms with E-state index in [4.69, 9.17) is 11.6 Å². The highest BCUT2D eigenvalue weighted by Gasteiger charge is 2.29. The van der Waals surface area contributed by atoms with Crippen molar-refractivity contribution in [2.45, 2.75) is 31.0 Å². The van der Waals surface area contributed by atoms with E-state index in [1.165, 1.54) is 22.2 Å². The SMILES string of the molecule is CN(Cc1nnc2n1CCC2)S(=O)(=O)c1ncn(C)c1Cl. The number of aromatic nitrogens is 5. The Morgan fingerprint density at radius 1 is 1.43 bits per heavy atom. The van der Waals surface area contributed by atoms with Gasteiger partial charge in [0, 0.05) is 27.1 Å². The summed E-state index contributed by atoms with van der Waals surface area (Å²) in [5.41, 5.74) is 0. The fourth-order valence-corrected chi connectivity index (χ4v) is 3.83. The molecule has 0 saturated carbocycles. The molecule has 0 amide bonds. The first-order valence-electron chi connectivity index (χ1n) is 6.45. The van der Waals surface area contributed by atoms with E-state index < -0.39 is 10.0 Å². The molecule has 114 valence electrons. The average Bonchev–Trinajstić information content (AvgIpc) is 3.10. The Hall–Kier alpha value is -1.45. The van der Waals surface area contributed by atoms with Gasteiger partial charge in [0.25, 0.3) is 10.0 Å². The number of nitrogens with zero attached hydrogens (tertiary/aromatic N) is 6. The number of imidazole rings is 1. The van der Waals surface area contributed by atoms with Crippen LogP contribution >= 0.6 is 11.6 Å². The van der Waals surface area contributed by atoms with Gasteiger partial charge in [0.05, 0.1) is 12.9 Å². The van der Waals surface area contributed by atoms with Crippen molar-refractivity contribution >= 4 is 21.6 Å². The first-order chi connectivity index (χ1) is 9.91. The molecule has 0 unspecified atom stereocenters. The molecule has 8 nitrogen and oxygen atoms in total. The lowest BCUT2D eigenvalue weighted by Crippen LogP contribution is -2.28. The van der Waals surface area contributed by atoms with Gasteiger partial charge in [-0.1, -0.05) is 11.6 Å². The molecule has 0 aliphatic carbocycles. The lowest BCUT2D eigenvalue weighted by Gasteiger charge is -2.15. The Morgan fingerprint density at radius 3 is 2.86 bits per heavy atom. The van der Waals surface area contributed by atoms with Crippen LogP contribution in [0.15, 0.2) is 11.4 Å². The van der Waals surface area contributed by atoms with Crippen molar-refractivity contribution in [1.29, 1.82) is 0 Å². The van der Waals surface area contributed by atoms with E-state index in [-0.39, 0.29) is 16.7 Å². The maximum Gasteiger partial charge on any atom is 0.263 e. The van der Waals surface area contributed by atoms with Crippen LogP contribution in [0.25, 0.3) is 0 Å². The lowest BCUT2D eigenvalue weighted by atomic mass is 10.4. The van der Waals surface area contributed by atoms with Crippen molar-refractivity contribution in [3.63, 3.8) is 0 Å². The summed E-state index contributed by atoms with van der Waals surface area (Å²) in [6.07, 6.45) is 3.27. The summed E-state index contributed by atoms with van der Waals surface area (Å²) in [6, 6.07) is 0. The van der Waals surface area contributed by atoms with Crippen molar-refractivity contribution in [2.75, 3.05) is 7.05 Å². The number of hydrogen-bond acceptors (Lipinski definition) is 5. The third kappa shape index (κ3) is 2.34. The molecular formula is C11H15ClN6O2S. The van der Waals surface area contributed by atoms with Crippen LogP contribution in [-0.2, 0) is 36.6 Å². The molecule has 0 N–H and O–H groups in total. The molecule has 0 aromatic carbocycles. The van der Waals surface area contributed by atoms with Crippen LogP contribution in [0.4, 0.5) is 0 Å². The summed E-state index contributed by atoms with van der Waals surface area (Å²) in [5.74, 6) is 1.55. The van der Waals surface area contributed by atoms with E-state index in [1.54, 1.807) is 7.05 Å². The maximum absolute atomic E-state index is 12.5. The minimum absolute atomic E-state index is 0.0910. The van der Waals surface area contributed by atoms with Crippen molar-refractivity contribution in [3.8, 4) is 0 Å². The zero-order chi connectivity index (χ0) is 15.2. The molecular weight excluding hydrogens is 316 g/mol. The zero-order valence-corrected chi connectivity index (χ0v) is 13.3. The van der Waals surface area contributed by atoms with Crippen LogP contribution in [0.2, 0.25) is 5.15 Å². The standard InChI is InChI=1S/C11H15ClN6O2S/c1-16-7-13-11(10(16)12)21(19,20)17(2)6-9-15-14-8-4-3-5-18(8)9/h7H,3-6H2,1-2H3. The van der Waals surface area contributed by atoms with Gasteiger partial charge in [-0.15, -0.1) is 10.2 Å². The highest BCUT2D eigenvalue weighted by Crippen LogP contribution is 2.23. The summed E-state index contributed by atoms with van der Waals surface area (Å²) >= 11 is 5.97. The molecule has 1 aliphatic rings. The van der Waals surface area contributed by atoms with Gasteiger partial charge in [-0.2, -0.15) is 4.31 Å². The quantitative estimate of drug-likeness (QED) is 0.811. The molecule has 2 aromatic heterocycles. The molecule has 1 aliphatic heterocycles. The average molecular weight is 331 g/mol. The predicted octanol–water partition coefficient (Wildman–Crippen LogP) is 0.432. The Balaban J connectivity index is 1.87. The Labute approximate surface area is 127 Å². The molecule has 0 spiro atoms. The largest absolute Gasteiger partial charge is 0.324 e. The van der Waals surface area contributed by atoms with E-state index in [0.29, 0.717) is 5.82 Å². The van der Waals surface area contributed by atoms with Gasteiger partial charge in [-0.25, -0.2) is 13.4 Å². The Morgan fingerprint density at radius 2 is 2.19 bits per heavy atom. The van der Waals surface area contributed by atoms with Gasteiger partial charge in [0.15, 0.2) is 0 Å². The van der Waals surface area contributed by atoms with Gasteiger partial charge < -0.3 is 9.13 Å². The second kappa shape index (κ2) is 5.08. The maximum atomic E-state index is 12.5. The van der Waals surface area contributed by atoms with E-state index in [2.05, 4.69) is 15.2 Å². The zero-order valence-electron chi connectivity index (χ0n) is 11.7. The molecule has 3 heterocycles. The topological polar surface area (TPSA) is 85.9 Å². The van der Waals surface area contributed by atoms with Crippen molar-refractivity contribution in [3.05, 3.63) is 23.1 Å². The second-order valence-electron chi connectivity index (χ2n) is 5.00. The van der Waals surface area contributed by atoms with E-state index in [0.717, 1.165) is 25.2 Å². The number of sulfonamides is 1. The van der Waals surface area contributed by atoms with Gasteiger partial charge in [-0.05, 0) is 6.42 Å². The van der Waals surface area contributed by atoms with Crippen LogP contribution in [0, 0.1) is 0 Å². The second-order valence-corrected chi connectivity index (χ2v) is 7.32. The molecule has 21 heavy (non-hydrogen) atoms. The van der Waals surface area contributed by atoms with Crippen LogP contribution in [0.5, 0.6) is 0 Å². The van der Waals surface area contributed by atoms with Crippen molar-refractivity contribution in [2.24, 2.45) is 7.05 Å². The fourth-order valence-electron chi connectivity index (χ4n) is 2.33. The molecule has 2 aromatic rings. The molecule has 10 heteroatoms. The number of aryl methyl sites for hydroxylation is 2. The normalized spacial score (nSPS) is 14.9. The van der Waals surface area contributed by atoms with E-state index >= 15 is 0 Å². The fraction of sp³-hybridized carbons (Fsp3) is 0.545. The minimum Gasteiger partial charge on any atom is -0.324 e. The highest BCUT2D eigenvalue weighted by atomic mass is 35.5. The lowest BCUT2D eigenvalue weighted by molar-refractivity contribution is 0.445. The summed E-state index contributed by atoms with van der Waals surface area (Å²) in [4.78, 5) is 3.87. The Kier molecular flexibility index (Phi) is 3.50. The third-order valence-electron chi connectivity index (χ3n) is 3.54. The highest BCUT2D eigenvalue weighted by molar-refractivity contribution is 7.89. The molecule has 0 atom stereocenters. The number of rotatable bonds is 4. The number of fused-ring (bicyclic) bond motifs is 1. The summed E-state index contributed by atoms with van der Waals surface area (Å²) in [5, 5.41) is 8.08. The van der Waals surface area contributed by atoms with Crippen molar-refractivity contribution < 1.29 is 8.42 Å². The third-order valence-corrected chi connectivity index (χ3v) is 5.83. The smallest absolute Gasteiger partial charge is 0.263 e. The summed E-state index contributed by atoms with van der Waals surface area (Å²) in [6.45, 7) is 0.970. The minimum atomic E-state index is -3.75.